The number of carbonyl (C=O) groups is 1. The molecule has 1 aromatic rings. The molecule has 0 spiro atoms. The van der Waals surface area contributed by atoms with Crippen molar-refractivity contribution in [3.8, 4) is 11.5 Å². The Morgan fingerprint density at radius 2 is 2.30 bits per heavy atom. The highest BCUT2D eigenvalue weighted by molar-refractivity contribution is 5.80. The normalized spacial score (nSPS) is 13.1. The van der Waals surface area contributed by atoms with Gasteiger partial charge in [-0.2, -0.15) is 0 Å². The number of phenols is 1. The summed E-state index contributed by atoms with van der Waals surface area (Å²) in [5, 5.41) is 25.1. The van der Waals surface area contributed by atoms with E-state index in [0.29, 0.717) is 5.56 Å². The first kappa shape index (κ1) is 15.6. The van der Waals surface area contributed by atoms with Crippen LogP contribution in [-0.4, -0.2) is 36.4 Å². The number of nitrogens with zero attached hydrogens (tertiary/aromatic N) is 3. The number of rotatable bonds is 7. The lowest BCUT2D eigenvalue weighted by Crippen LogP contribution is -2.47. The van der Waals surface area contributed by atoms with Gasteiger partial charge in [-0.25, -0.2) is 4.79 Å². The molecule has 8 nitrogen and oxygen atoms in total. The van der Waals surface area contributed by atoms with Gasteiger partial charge in [0.2, 0.25) is 0 Å². The third kappa shape index (κ3) is 3.31. The van der Waals surface area contributed by atoms with Crippen LogP contribution in [0, 0.1) is 0 Å². The smallest absolute Gasteiger partial charge is 0.328 e. The first-order chi connectivity index (χ1) is 9.45. The van der Waals surface area contributed by atoms with E-state index in [2.05, 4.69) is 15.3 Å². The van der Waals surface area contributed by atoms with E-state index in [-0.39, 0.29) is 24.6 Å². The molecular weight excluding hydrogens is 264 g/mol. The number of methoxy groups -OCH3 is 1. The van der Waals surface area contributed by atoms with Crippen molar-refractivity contribution >= 4 is 5.97 Å². The fourth-order valence-corrected chi connectivity index (χ4v) is 1.69. The summed E-state index contributed by atoms with van der Waals surface area (Å²) in [5.74, 6) is -0.976. The molecule has 108 valence electrons. The number of aromatic hydroxyl groups is 1. The van der Waals surface area contributed by atoms with Crippen LogP contribution in [0.3, 0.4) is 0 Å². The summed E-state index contributed by atoms with van der Waals surface area (Å²) < 4.78 is 4.97. The van der Waals surface area contributed by atoms with E-state index in [1.807, 2.05) is 0 Å². The molecule has 1 aromatic carbocycles. The van der Waals surface area contributed by atoms with E-state index in [1.54, 1.807) is 0 Å². The van der Waals surface area contributed by atoms with Gasteiger partial charge in [-0.1, -0.05) is 11.2 Å². The van der Waals surface area contributed by atoms with Crippen molar-refractivity contribution < 1.29 is 19.7 Å². The molecule has 0 aliphatic heterocycles. The van der Waals surface area contributed by atoms with Crippen molar-refractivity contribution in [1.82, 2.24) is 5.32 Å². The predicted octanol–water partition coefficient (Wildman–Crippen LogP) is 1.60. The van der Waals surface area contributed by atoms with Crippen molar-refractivity contribution in [2.45, 2.75) is 12.5 Å². The summed E-state index contributed by atoms with van der Waals surface area (Å²) in [4.78, 5) is 14.1. The Labute approximate surface area is 115 Å². The van der Waals surface area contributed by atoms with Crippen LogP contribution in [0.5, 0.6) is 11.5 Å². The molecule has 20 heavy (non-hydrogen) atoms. The standard InChI is InChI=1S/C12H16N4O4/c1-12(11(18)19,14-5-6-15-16-13)8-3-4-9(17)10(7-8)20-2/h3-4,7,14,17H,5-6H2,1-2H3,(H,18,19). The van der Waals surface area contributed by atoms with Gasteiger partial charge in [0.1, 0.15) is 5.54 Å². The van der Waals surface area contributed by atoms with Crippen LogP contribution in [0.25, 0.3) is 10.4 Å². The summed E-state index contributed by atoms with van der Waals surface area (Å²) in [5.41, 5.74) is 7.22. The second-order valence-corrected chi connectivity index (χ2v) is 4.20. The molecule has 0 aromatic heterocycles. The van der Waals surface area contributed by atoms with Crippen LogP contribution in [0.2, 0.25) is 0 Å². The minimum absolute atomic E-state index is 0.0712. The molecule has 0 radical (unpaired) electrons. The zero-order chi connectivity index (χ0) is 15.2. The number of ether oxygens (including phenoxy) is 1. The van der Waals surface area contributed by atoms with E-state index < -0.39 is 11.5 Å². The number of benzene rings is 1. The summed E-state index contributed by atoms with van der Waals surface area (Å²) in [6.07, 6.45) is 0. The molecule has 0 saturated carbocycles. The molecule has 0 saturated heterocycles. The van der Waals surface area contributed by atoms with Crippen LogP contribution in [0.1, 0.15) is 12.5 Å². The third-order valence-corrected chi connectivity index (χ3v) is 2.94. The highest BCUT2D eigenvalue weighted by Gasteiger charge is 2.35. The van der Waals surface area contributed by atoms with Gasteiger partial charge in [0, 0.05) is 18.0 Å². The van der Waals surface area contributed by atoms with Crippen LogP contribution in [-0.2, 0) is 10.3 Å². The summed E-state index contributed by atoms with van der Waals surface area (Å²) >= 11 is 0. The quantitative estimate of drug-likeness (QED) is 0.302. The SMILES string of the molecule is COc1cc(C(C)(NCCN=[N+]=[N-])C(=O)O)ccc1O. The number of nitrogens with one attached hydrogen (secondary N) is 1. The van der Waals surface area contributed by atoms with E-state index >= 15 is 0 Å². The maximum Gasteiger partial charge on any atom is 0.328 e. The van der Waals surface area contributed by atoms with Crippen molar-refractivity contribution in [2.24, 2.45) is 5.11 Å². The Hall–Kier alpha value is -2.44. The van der Waals surface area contributed by atoms with Gasteiger partial charge in [0.15, 0.2) is 11.5 Å². The Morgan fingerprint density at radius 1 is 1.60 bits per heavy atom. The second kappa shape index (κ2) is 6.65. The van der Waals surface area contributed by atoms with E-state index in [9.17, 15) is 15.0 Å². The number of hydrogen-bond donors (Lipinski definition) is 3. The van der Waals surface area contributed by atoms with Gasteiger partial charge < -0.3 is 14.9 Å². The number of phenolic OH excluding ortho intramolecular Hbond substituents is 1. The van der Waals surface area contributed by atoms with Crippen LogP contribution >= 0.6 is 0 Å². The molecule has 3 N–H and O–H groups in total. The highest BCUT2D eigenvalue weighted by atomic mass is 16.5. The number of carboxylic acid groups (broad SMARTS) is 1. The average molecular weight is 280 g/mol. The minimum atomic E-state index is -1.38. The second-order valence-electron chi connectivity index (χ2n) is 4.20. The summed E-state index contributed by atoms with van der Waals surface area (Å²) in [7, 11) is 1.38. The Morgan fingerprint density at radius 3 is 2.85 bits per heavy atom. The number of aliphatic carboxylic acids is 1. The molecule has 1 atom stereocenters. The van der Waals surface area contributed by atoms with Gasteiger partial charge in [-0.15, -0.1) is 0 Å². The fraction of sp³-hybridized carbons (Fsp3) is 0.417. The van der Waals surface area contributed by atoms with E-state index in [0.717, 1.165) is 0 Å². The first-order valence-electron chi connectivity index (χ1n) is 5.82. The summed E-state index contributed by atoms with van der Waals surface area (Å²) in [6.45, 7) is 1.82. The highest BCUT2D eigenvalue weighted by Crippen LogP contribution is 2.31. The van der Waals surface area contributed by atoms with E-state index in [1.165, 1.54) is 32.2 Å². The van der Waals surface area contributed by atoms with Gasteiger partial charge in [-0.3, -0.25) is 5.32 Å². The number of azide groups is 1. The van der Waals surface area contributed by atoms with Gasteiger partial charge in [-0.05, 0) is 30.2 Å². The topological polar surface area (TPSA) is 128 Å². The summed E-state index contributed by atoms with van der Waals surface area (Å²) in [6, 6.07) is 4.31. The maximum absolute atomic E-state index is 11.5. The van der Waals surface area contributed by atoms with Crippen LogP contribution < -0.4 is 10.1 Å². The Bertz CT molecular complexity index is 542. The molecule has 0 heterocycles. The molecule has 0 aliphatic rings. The Balaban J connectivity index is 3.05. The number of hydrogen-bond acceptors (Lipinski definition) is 5. The lowest BCUT2D eigenvalue weighted by Gasteiger charge is -2.27. The fourth-order valence-electron chi connectivity index (χ4n) is 1.69. The monoisotopic (exact) mass is 280 g/mol. The van der Waals surface area contributed by atoms with Crippen molar-refractivity contribution in [1.29, 1.82) is 0 Å². The molecule has 8 heteroatoms. The van der Waals surface area contributed by atoms with Crippen molar-refractivity contribution in [3.05, 3.63) is 34.2 Å². The van der Waals surface area contributed by atoms with Gasteiger partial charge in [0.25, 0.3) is 0 Å². The molecule has 0 amide bonds. The van der Waals surface area contributed by atoms with Gasteiger partial charge >= 0.3 is 5.97 Å². The molecule has 1 rings (SSSR count). The largest absolute Gasteiger partial charge is 0.504 e. The third-order valence-electron chi connectivity index (χ3n) is 2.94. The molecule has 1 unspecified atom stereocenters. The van der Waals surface area contributed by atoms with Crippen LogP contribution in [0.4, 0.5) is 0 Å². The molecule has 0 aliphatic carbocycles. The minimum Gasteiger partial charge on any atom is -0.504 e. The molecule has 0 fully saturated rings. The number of carboxylic acids is 1. The lowest BCUT2D eigenvalue weighted by atomic mass is 9.91. The van der Waals surface area contributed by atoms with Gasteiger partial charge in [0.05, 0.1) is 7.11 Å². The van der Waals surface area contributed by atoms with Crippen molar-refractivity contribution in [3.63, 3.8) is 0 Å². The first-order valence-corrected chi connectivity index (χ1v) is 5.82. The zero-order valence-corrected chi connectivity index (χ0v) is 11.2. The predicted molar refractivity (Wildman–Crippen MR) is 71.7 cm³/mol. The van der Waals surface area contributed by atoms with Crippen molar-refractivity contribution in [2.75, 3.05) is 20.2 Å². The zero-order valence-electron chi connectivity index (χ0n) is 11.2. The van der Waals surface area contributed by atoms with Crippen LogP contribution in [0.15, 0.2) is 23.3 Å². The average Bonchev–Trinajstić information content (AvgIpc) is 2.43. The molecule has 0 bridgehead atoms. The lowest BCUT2D eigenvalue weighted by molar-refractivity contribution is -0.144. The Kier molecular flexibility index (Phi) is 5.19. The van der Waals surface area contributed by atoms with E-state index in [4.69, 9.17) is 10.3 Å². The maximum atomic E-state index is 11.5. The molecular formula is C12H16N4O4.